The van der Waals surface area contributed by atoms with E-state index in [1.54, 1.807) is 44.6 Å². The predicted octanol–water partition coefficient (Wildman–Crippen LogP) is 5.29. The lowest BCUT2D eigenvalue weighted by atomic mass is 10.00. The van der Waals surface area contributed by atoms with Gasteiger partial charge < -0.3 is 14.4 Å². The summed E-state index contributed by atoms with van der Waals surface area (Å²) in [6.07, 6.45) is 1.41. The first kappa shape index (κ1) is 23.7. The average Bonchev–Trinajstić information content (AvgIpc) is 2.88. The van der Waals surface area contributed by atoms with Gasteiger partial charge in [-0.15, -0.1) is 0 Å². The van der Waals surface area contributed by atoms with Gasteiger partial charge in [0.2, 0.25) is 0 Å². The minimum Gasteiger partial charge on any atom is -0.497 e. The van der Waals surface area contributed by atoms with E-state index < -0.39 is 11.6 Å². The molecule has 3 aromatic rings. The molecule has 0 aliphatic carbocycles. The van der Waals surface area contributed by atoms with Crippen LogP contribution < -0.4 is 14.4 Å². The maximum atomic E-state index is 14.1. The van der Waals surface area contributed by atoms with Crippen LogP contribution in [0.15, 0.2) is 66.7 Å². The number of hydrogen-bond donors (Lipinski definition) is 0. The lowest BCUT2D eigenvalue weighted by molar-refractivity contribution is 0.0958. The van der Waals surface area contributed by atoms with E-state index in [2.05, 4.69) is 4.90 Å². The highest BCUT2D eigenvalue weighted by Crippen LogP contribution is 2.30. The van der Waals surface area contributed by atoms with Crippen LogP contribution in [0.3, 0.4) is 0 Å². The molecule has 0 aromatic heterocycles. The van der Waals surface area contributed by atoms with Crippen molar-refractivity contribution in [2.45, 2.75) is 25.4 Å². The van der Waals surface area contributed by atoms with Gasteiger partial charge in [-0.3, -0.25) is 9.69 Å². The maximum absolute atomic E-state index is 14.1. The van der Waals surface area contributed by atoms with Crippen molar-refractivity contribution in [3.8, 4) is 11.5 Å². The molecule has 4 rings (SSSR count). The van der Waals surface area contributed by atoms with Crippen LogP contribution in [-0.4, -0.2) is 44.2 Å². The number of amides is 1. The van der Waals surface area contributed by atoms with Gasteiger partial charge in [-0.25, -0.2) is 8.78 Å². The van der Waals surface area contributed by atoms with Gasteiger partial charge in [0.05, 0.1) is 14.2 Å². The Kier molecular flexibility index (Phi) is 7.43. The number of methoxy groups -OCH3 is 2. The zero-order chi connectivity index (χ0) is 24.1. The number of hydrogen-bond acceptors (Lipinski definition) is 4. The van der Waals surface area contributed by atoms with Crippen LogP contribution >= 0.6 is 0 Å². The summed E-state index contributed by atoms with van der Waals surface area (Å²) in [5.74, 6) is -0.379. The molecule has 1 aliphatic heterocycles. The molecule has 1 saturated heterocycles. The summed E-state index contributed by atoms with van der Waals surface area (Å²) in [6.45, 7) is 1.66. The quantitative estimate of drug-likeness (QED) is 0.474. The highest BCUT2D eigenvalue weighted by atomic mass is 19.2. The first-order chi connectivity index (χ1) is 16.5. The average molecular weight is 467 g/mol. The summed E-state index contributed by atoms with van der Waals surface area (Å²) >= 11 is 0. The summed E-state index contributed by atoms with van der Waals surface area (Å²) in [6, 6.07) is 18.7. The Balaban J connectivity index is 1.54. The van der Waals surface area contributed by atoms with Gasteiger partial charge in [0.1, 0.15) is 11.5 Å². The predicted molar refractivity (Wildman–Crippen MR) is 127 cm³/mol. The second-order valence-electron chi connectivity index (χ2n) is 8.33. The first-order valence-corrected chi connectivity index (χ1v) is 11.3. The van der Waals surface area contributed by atoms with Crippen molar-refractivity contribution in [3.05, 3.63) is 89.5 Å². The van der Waals surface area contributed by atoms with E-state index in [0.717, 1.165) is 11.8 Å². The molecule has 178 valence electrons. The van der Waals surface area contributed by atoms with Gasteiger partial charge in [-0.2, -0.15) is 0 Å². The number of anilines is 1. The minimum absolute atomic E-state index is 0.0460. The normalized spacial score (nSPS) is 14.6. The lowest BCUT2D eigenvalue weighted by Gasteiger charge is -2.38. The Hall–Kier alpha value is -3.45. The molecule has 3 aromatic carbocycles. The third-order valence-corrected chi connectivity index (χ3v) is 6.24. The van der Waals surface area contributed by atoms with E-state index in [4.69, 9.17) is 9.47 Å². The number of benzene rings is 3. The van der Waals surface area contributed by atoms with Crippen molar-refractivity contribution in [1.29, 1.82) is 0 Å². The molecule has 5 nitrogen and oxygen atoms in total. The third-order valence-electron chi connectivity index (χ3n) is 6.24. The van der Waals surface area contributed by atoms with Gasteiger partial charge in [-0.1, -0.05) is 18.2 Å². The lowest BCUT2D eigenvalue weighted by Crippen LogP contribution is -2.47. The summed E-state index contributed by atoms with van der Waals surface area (Å²) < 4.78 is 38.3. The van der Waals surface area contributed by atoms with Crippen LogP contribution in [0.5, 0.6) is 11.5 Å². The van der Waals surface area contributed by atoms with Crippen LogP contribution in [0, 0.1) is 11.6 Å². The zero-order valence-electron chi connectivity index (χ0n) is 19.3. The van der Waals surface area contributed by atoms with E-state index in [9.17, 15) is 13.6 Å². The number of ether oxygens (including phenoxy) is 2. The molecule has 0 atom stereocenters. The van der Waals surface area contributed by atoms with Crippen molar-refractivity contribution in [2.24, 2.45) is 0 Å². The molecule has 1 amide bonds. The molecule has 0 radical (unpaired) electrons. The second-order valence-corrected chi connectivity index (χ2v) is 8.33. The summed E-state index contributed by atoms with van der Waals surface area (Å²) in [7, 11) is 3.18. The van der Waals surface area contributed by atoms with Crippen LogP contribution in [0.1, 0.15) is 28.8 Å². The molecule has 0 N–H and O–H groups in total. The van der Waals surface area contributed by atoms with Gasteiger partial charge >= 0.3 is 0 Å². The van der Waals surface area contributed by atoms with E-state index in [1.807, 2.05) is 29.2 Å². The first-order valence-electron chi connectivity index (χ1n) is 11.3. The van der Waals surface area contributed by atoms with Crippen molar-refractivity contribution >= 4 is 11.6 Å². The molecule has 7 heteroatoms. The van der Waals surface area contributed by atoms with Crippen molar-refractivity contribution < 1.29 is 23.0 Å². The number of nitrogens with zero attached hydrogens (tertiary/aromatic N) is 2. The SMILES string of the molecule is COc1ccc(C(=O)N(c2cccc(OC)c2)C2CCN(Cc3cccc(F)c3F)CC2)cc1. The monoisotopic (exact) mass is 466 g/mol. The fourth-order valence-corrected chi connectivity index (χ4v) is 4.37. The number of piperidine rings is 1. The van der Waals surface area contributed by atoms with Gasteiger partial charge in [-0.05, 0) is 55.3 Å². The van der Waals surface area contributed by atoms with E-state index in [-0.39, 0.29) is 11.9 Å². The molecule has 0 spiro atoms. The van der Waals surface area contributed by atoms with Crippen LogP contribution in [0.25, 0.3) is 0 Å². The molecular formula is C27H28F2N2O3. The van der Waals surface area contributed by atoms with Crippen LogP contribution in [0.2, 0.25) is 0 Å². The van der Waals surface area contributed by atoms with Gasteiger partial charge in [0, 0.05) is 48.6 Å². The molecular weight excluding hydrogens is 438 g/mol. The standard InChI is InChI=1S/C27H28F2N2O3/c1-33-23-11-9-19(10-12-23)27(32)31(22-6-4-7-24(17-22)34-2)21-13-15-30(16-14-21)18-20-5-3-8-25(28)26(20)29/h3-12,17,21H,13-16,18H2,1-2H3. The highest BCUT2D eigenvalue weighted by molar-refractivity contribution is 6.06. The van der Waals surface area contributed by atoms with Crippen molar-refractivity contribution in [2.75, 3.05) is 32.2 Å². The van der Waals surface area contributed by atoms with Gasteiger partial charge in [0.25, 0.3) is 5.91 Å². The number of likely N-dealkylation sites (tertiary alicyclic amines) is 1. The smallest absolute Gasteiger partial charge is 0.258 e. The highest BCUT2D eigenvalue weighted by Gasteiger charge is 2.30. The Bertz CT molecular complexity index is 1130. The summed E-state index contributed by atoms with van der Waals surface area (Å²) in [5, 5.41) is 0. The molecule has 0 unspecified atom stereocenters. The van der Waals surface area contributed by atoms with Crippen LogP contribution in [0.4, 0.5) is 14.5 Å². The molecule has 34 heavy (non-hydrogen) atoms. The van der Waals surface area contributed by atoms with E-state index >= 15 is 0 Å². The summed E-state index contributed by atoms with van der Waals surface area (Å²) in [4.78, 5) is 17.6. The fourth-order valence-electron chi connectivity index (χ4n) is 4.37. The number of carbonyl (C=O) groups is 1. The van der Waals surface area contributed by atoms with Gasteiger partial charge in [0.15, 0.2) is 11.6 Å². The fraction of sp³-hybridized carbons (Fsp3) is 0.296. The zero-order valence-corrected chi connectivity index (χ0v) is 19.3. The molecule has 1 aliphatic rings. The minimum atomic E-state index is -0.832. The van der Waals surface area contributed by atoms with Crippen LogP contribution in [-0.2, 0) is 6.54 Å². The molecule has 1 heterocycles. The third kappa shape index (κ3) is 5.20. The number of halogens is 2. The molecule has 0 bridgehead atoms. The van der Waals surface area contributed by atoms with E-state index in [0.29, 0.717) is 55.1 Å². The Morgan fingerprint density at radius 1 is 0.941 bits per heavy atom. The van der Waals surface area contributed by atoms with Crippen molar-refractivity contribution in [3.63, 3.8) is 0 Å². The summed E-state index contributed by atoms with van der Waals surface area (Å²) in [5.41, 5.74) is 1.67. The van der Waals surface area contributed by atoms with E-state index in [1.165, 1.54) is 6.07 Å². The second kappa shape index (κ2) is 10.7. The Labute approximate surface area is 198 Å². The number of rotatable bonds is 7. The van der Waals surface area contributed by atoms with Crippen molar-refractivity contribution in [1.82, 2.24) is 4.90 Å². The largest absolute Gasteiger partial charge is 0.497 e. The topological polar surface area (TPSA) is 42.0 Å². The molecule has 0 saturated carbocycles. The molecule has 1 fully saturated rings. The maximum Gasteiger partial charge on any atom is 0.258 e. The Morgan fingerprint density at radius 2 is 1.62 bits per heavy atom. The number of carbonyl (C=O) groups excluding carboxylic acids is 1. The Morgan fingerprint density at radius 3 is 2.29 bits per heavy atom.